The fourth-order valence-corrected chi connectivity index (χ4v) is 2.63. The molecular weight excluding hydrogens is 303 g/mol. The Bertz CT molecular complexity index is 512. The summed E-state index contributed by atoms with van der Waals surface area (Å²) in [5, 5.41) is 9.95. The smallest absolute Gasteiger partial charge is 0.407 e. The van der Waals surface area contributed by atoms with Gasteiger partial charge in [-0.2, -0.15) is 0 Å². The molecule has 0 radical (unpaired) electrons. The summed E-state index contributed by atoms with van der Waals surface area (Å²) >= 11 is 12.0. The molecule has 1 aromatic rings. The monoisotopic (exact) mass is 318 g/mol. The quantitative estimate of drug-likeness (QED) is 0.878. The molecular formula is C13H16Cl2N2O3. The number of carbonyl (C=O) groups is 1. The predicted octanol–water partition coefficient (Wildman–Crippen LogP) is 2.55. The Morgan fingerprint density at radius 3 is 2.75 bits per heavy atom. The van der Waals surface area contributed by atoms with E-state index in [2.05, 4.69) is 0 Å². The highest BCUT2D eigenvalue weighted by molar-refractivity contribution is 6.42. The van der Waals surface area contributed by atoms with Gasteiger partial charge in [-0.1, -0.05) is 29.3 Å². The normalized spacial score (nSPS) is 23.4. The minimum absolute atomic E-state index is 0.248. The van der Waals surface area contributed by atoms with E-state index in [4.69, 9.17) is 38.8 Å². The zero-order valence-corrected chi connectivity index (χ0v) is 12.3. The van der Waals surface area contributed by atoms with Gasteiger partial charge in [0.25, 0.3) is 0 Å². The Labute approximate surface area is 127 Å². The van der Waals surface area contributed by atoms with Gasteiger partial charge >= 0.3 is 6.09 Å². The van der Waals surface area contributed by atoms with Crippen molar-refractivity contribution in [3.63, 3.8) is 0 Å². The first-order valence-electron chi connectivity index (χ1n) is 6.26. The maximum absolute atomic E-state index is 11.0. The molecule has 1 heterocycles. The van der Waals surface area contributed by atoms with Gasteiger partial charge in [-0.15, -0.1) is 0 Å². The van der Waals surface area contributed by atoms with E-state index in [9.17, 15) is 4.79 Å². The molecule has 0 aliphatic carbocycles. The topological polar surface area (TPSA) is 75.8 Å². The van der Waals surface area contributed by atoms with Crippen LogP contribution in [0.15, 0.2) is 18.2 Å². The van der Waals surface area contributed by atoms with E-state index in [0.29, 0.717) is 36.2 Å². The van der Waals surface area contributed by atoms with Crippen LogP contribution in [0.3, 0.4) is 0 Å². The summed E-state index contributed by atoms with van der Waals surface area (Å²) in [6.07, 6.45) is -0.469. The first-order chi connectivity index (χ1) is 9.48. The van der Waals surface area contributed by atoms with Gasteiger partial charge in [-0.05, 0) is 24.1 Å². The predicted molar refractivity (Wildman–Crippen MR) is 77.4 cm³/mol. The Morgan fingerprint density at radius 1 is 1.40 bits per heavy atom. The van der Waals surface area contributed by atoms with Gasteiger partial charge in [0, 0.05) is 19.6 Å². The van der Waals surface area contributed by atoms with Gasteiger partial charge in [-0.3, -0.25) is 0 Å². The van der Waals surface area contributed by atoms with Gasteiger partial charge < -0.3 is 20.5 Å². The zero-order chi connectivity index (χ0) is 14.8. The Balaban J connectivity index is 2.29. The molecule has 1 fully saturated rings. The molecule has 0 spiro atoms. The fourth-order valence-electron chi connectivity index (χ4n) is 2.33. The highest BCUT2D eigenvalue weighted by Crippen LogP contribution is 2.34. The molecule has 0 saturated carbocycles. The Kier molecular flexibility index (Phi) is 4.75. The highest BCUT2D eigenvalue weighted by atomic mass is 35.5. The summed E-state index contributed by atoms with van der Waals surface area (Å²) in [6, 6.07) is 5.24. The van der Waals surface area contributed by atoms with Crippen molar-refractivity contribution >= 4 is 29.3 Å². The van der Waals surface area contributed by atoms with Crippen LogP contribution in [0, 0.1) is 0 Å². The van der Waals surface area contributed by atoms with Crippen LogP contribution in [0.4, 0.5) is 4.79 Å². The third-order valence-corrected chi connectivity index (χ3v) is 4.31. The molecule has 1 saturated heterocycles. The van der Waals surface area contributed by atoms with E-state index in [-0.39, 0.29) is 6.54 Å². The molecule has 1 aliphatic heterocycles. The largest absolute Gasteiger partial charge is 0.465 e. The van der Waals surface area contributed by atoms with Crippen LogP contribution < -0.4 is 5.73 Å². The van der Waals surface area contributed by atoms with E-state index in [1.54, 1.807) is 12.1 Å². The summed E-state index contributed by atoms with van der Waals surface area (Å²) in [4.78, 5) is 12.4. The second-order valence-corrected chi connectivity index (χ2v) is 5.51. The van der Waals surface area contributed by atoms with E-state index < -0.39 is 11.7 Å². The van der Waals surface area contributed by atoms with E-state index in [1.807, 2.05) is 6.07 Å². The molecule has 1 aromatic carbocycles. The minimum atomic E-state index is -0.949. The molecule has 5 nitrogen and oxygen atoms in total. The number of rotatable bonds is 2. The van der Waals surface area contributed by atoms with Gasteiger partial charge in [-0.25, -0.2) is 4.79 Å². The number of nitrogens with two attached hydrogens (primary N) is 1. The van der Waals surface area contributed by atoms with Crippen LogP contribution in [-0.2, 0) is 10.3 Å². The lowest BCUT2D eigenvalue weighted by molar-refractivity contribution is -0.0359. The van der Waals surface area contributed by atoms with E-state index in [0.717, 1.165) is 5.56 Å². The summed E-state index contributed by atoms with van der Waals surface area (Å²) in [5.41, 5.74) is 5.98. The van der Waals surface area contributed by atoms with Crippen LogP contribution in [0.5, 0.6) is 0 Å². The molecule has 0 bridgehead atoms. The van der Waals surface area contributed by atoms with E-state index >= 15 is 0 Å². The number of hydrogen-bond donors (Lipinski definition) is 2. The second-order valence-electron chi connectivity index (χ2n) is 4.70. The zero-order valence-electron chi connectivity index (χ0n) is 10.8. The molecule has 0 aromatic heterocycles. The van der Waals surface area contributed by atoms with Crippen molar-refractivity contribution in [3.8, 4) is 0 Å². The van der Waals surface area contributed by atoms with Crippen molar-refractivity contribution in [1.82, 2.24) is 4.90 Å². The molecule has 7 heteroatoms. The number of ether oxygens (including phenoxy) is 1. The van der Waals surface area contributed by atoms with Crippen LogP contribution in [0.1, 0.15) is 12.0 Å². The number of halogens is 2. The molecule has 20 heavy (non-hydrogen) atoms. The second kappa shape index (κ2) is 6.18. The maximum Gasteiger partial charge on any atom is 0.407 e. The average Bonchev–Trinajstić information content (AvgIpc) is 2.65. The minimum Gasteiger partial charge on any atom is -0.465 e. The first kappa shape index (κ1) is 15.4. The molecule has 2 rings (SSSR count). The van der Waals surface area contributed by atoms with Crippen molar-refractivity contribution in [2.75, 3.05) is 26.2 Å². The molecule has 1 aliphatic rings. The van der Waals surface area contributed by atoms with Crippen LogP contribution >= 0.6 is 23.2 Å². The Hall–Kier alpha value is -1.01. The van der Waals surface area contributed by atoms with Crippen molar-refractivity contribution in [3.05, 3.63) is 33.8 Å². The van der Waals surface area contributed by atoms with Crippen LogP contribution in [0.2, 0.25) is 10.0 Å². The summed E-state index contributed by atoms with van der Waals surface area (Å²) in [5.74, 6) is 0. The summed E-state index contributed by atoms with van der Waals surface area (Å²) in [6.45, 7) is 1.24. The number of hydrogen-bond acceptors (Lipinski definition) is 3. The lowest BCUT2D eigenvalue weighted by Gasteiger charge is -2.31. The van der Waals surface area contributed by atoms with Crippen molar-refractivity contribution in [2.24, 2.45) is 5.73 Å². The van der Waals surface area contributed by atoms with E-state index in [1.165, 1.54) is 4.90 Å². The van der Waals surface area contributed by atoms with Gasteiger partial charge in [0.15, 0.2) is 0 Å². The van der Waals surface area contributed by atoms with Crippen molar-refractivity contribution in [2.45, 2.75) is 12.0 Å². The molecule has 110 valence electrons. The average molecular weight is 319 g/mol. The number of nitrogens with zero attached hydrogens (tertiary/aromatic N) is 1. The molecule has 0 unspecified atom stereocenters. The van der Waals surface area contributed by atoms with Crippen LogP contribution in [0.25, 0.3) is 0 Å². The lowest BCUT2D eigenvalue weighted by atomic mass is 9.90. The summed E-state index contributed by atoms with van der Waals surface area (Å²) in [7, 11) is 0. The number of amides is 1. The fraction of sp³-hybridized carbons (Fsp3) is 0.462. The third kappa shape index (κ3) is 3.01. The SMILES string of the molecule is NC[C@@]1(c2ccc(Cl)c(Cl)c2)CCN(C(=O)O)CCO1. The first-order valence-corrected chi connectivity index (χ1v) is 7.01. The molecule has 3 N–H and O–H groups in total. The van der Waals surface area contributed by atoms with Crippen molar-refractivity contribution < 1.29 is 14.6 Å². The Morgan fingerprint density at radius 2 is 2.15 bits per heavy atom. The molecule has 1 atom stereocenters. The third-order valence-electron chi connectivity index (χ3n) is 3.57. The maximum atomic E-state index is 11.0. The van der Waals surface area contributed by atoms with Crippen molar-refractivity contribution in [1.29, 1.82) is 0 Å². The number of benzene rings is 1. The standard InChI is InChI=1S/C13H16Cl2N2O3/c14-10-2-1-9(7-11(10)15)13(8-16)3-4-17(12(18)19)5-6-20-13/h1-2,7H,3-6,8,16H2,(H,18,19)/t13-/m1/s1. The van der Waals surface area contributed by atoms with Gasteiger partial charge in [0.1, 0.15) is 5.60 Å². The van der Waals surface area contributed by atoms with Gasteiger partial charge in [0.05, 0.1) is 16.7 Å². The van der Waals surface area contributed by atoms with Crippen LogP contribution in [-0.4, -0.2) is 42.3 Å². The van der Waals surface area contributed by atoms with Gasteiger partial charge in [0.2, 0.25) is 0 Å². The molecule has 1 amide bonds. The summed E-state index contributed by atoms with van der Waals surface area (Å²) < 4.78 is 5.87. The number of carboxylic acid groups (broad SMARTS) is 1. The highest BCUT2D eigenvalue weighted by Gasteiger charge is 2.35. The lowest BCUT2D eigenvalue weighted by Crippen LogP contribution is -2.39.